The van der Waals surface area contributed by atoms with Crippen LogP contribution in [-0.2, 0) is 4.79 Å². The molecule has 0 aromatic heterocycles. The summed E-state index contributed by atoms with van der Waals surface area (Å²) < 4.78 is 13.7. The number of likely N-dealkylation sites (tertiary alicyclic amines) is 1. The molecule has 0 radical (unpaired) electrons. The molecular formula is C10H18FNO. The normalized spacial score (nSPS) is 28.5. The van der Waals surface area contributed by atoms with Crippen LogP contribution in [0, 0.1) is 5.92 Å². The van der Waals surface area contributed by atoms with Crippen LogP contribution in [0.3, 0.4) is 0 Å². The fourth-order valence-corrected chi connectivity index (χ4v) is 1.68. The van der Waals surface area contributed by atoms with Gasteiger partial charge in [-0.1, -0.05) is 20.8 Å². The highest BCUT2D eigenvalue weighted by Crippen LogP contribution is 2.29. The number of rotatable bonds is 2. The fraction of sp³-hybridized carbons (Fsp3) is 0.900. The predicted molar refractivity (Wildman–Crippen MR) is 50.2 cm³/mol. The van der Waals surface area contributed by atoms with Crippen LogP contribution < -0.4 is 0 Å². The minimum Gasteiger partial charge on any atom is -0.339 e. The molecular weight excluding hydrogens is 169 g/mol. The van der Waals surface area contributed by atoms with Crippen molar-refractivity contribution in [2.75, 3.05) is 13.1 Å². The molecule has 0 aliphatic carbocycles. The first-order valence-electron chi connectivity index (χ1n) is 4.96. The van der Waals surface area contributed by atoms with Crippen LogP contribution in [-0.4, -0.2) is 29.6 Å². The third kappa shape index (κ3) is 2.20. The summed E-state index contributed by atoms with van der Waals surface area (Å²) in [6.07, 6.45) is 1.01. The van der Waals surface area contributed by atoms with Crippen molar-refractivity contribution in [1.82, 2.24) is 4.90 Å². The smallest absolute Gasteiger partial charge is 0.225 e. The second-order valence-corrected chi connectivity index (χ2v) is 4.17. The molecule has 1 fully saturated rings. The zero-order valence-corrected chi connectivity index (χ0v) is 8.64. The Morgan fingerprint density at radius 1 is 1.62 bits per heavy atom. The Kier molecular flexibility index (Phi) is 2.94. The average Bonchev–Trinajstić information content (AvgIpc) is 2.47. The third-order valence-electron chi connectivity index (χ3n) is 2.74. The SMILES string of the molecule is CCC1(F)CCN(C(=O)C(C)C)C1. The van der Waals surface area contributed by atoms with Gasteiger partial charge in [0, 0.05) is 18.9 Å². The lowest BCUT2D eigenvalue weighted by Crippen LogP contribution is -2.35. The maximum Gasteiger partial charge on any atom is 0.225 e. The number of alkyl halides is 1. The Labute approximate surface area is 79.1 Å². The maximum atomic E-state index is 13.7. The van der Waals surface area contributed by atoms with Crippen molar-refractivity contribution in [3.63, 3.8) is 0 Å². The van der Waals surface area contributed by atoms with Crippen LogP contribution in [0.1, 0.15) is 33.6 Å². The van der Waals surface area contributed by atoms with E-state index in [0.29, 0.717) is 25.9 Å². The molecule has 0 aromatic carbocycles. The summed E-state index contributed by atoms with van der Waals surface area (Å²) in [4.78, 5) is 13.2. The number of carbonyl (C=O) groups excluding carboxylic acids is 1. The van der Waals surface area contributed by atoms with E-state index in [2.05, 4.69) is 0 Å². The van der Waals surface area contributed by atoms with Crippen LogP contribution in [0.15, 0.2) is 0 Å². The highest BCUT2D eigenvalue weighted by molar-refractivity contribution is 5.78. The molecule has 0 aromatic rings. The van der Waals surface area contributed by atoms with Gasteiger partial charge in [0.1, 0.15) is 5.67 Å². The van der Waals surface area contributed by atoms with Gasteiger partial charge in [0.15, 0.2) is 0 Å². The van der Waals surface area contributed by atoms with Crippen LogP contribution in [0.4, 0.5) is 4.39 Å². The standard InChI is InChI=1S/C10H18FNO/c1-4-10(11)5-6-12(7-10)9(13)8(2)3/h8H,4-7H2,1-3H3. The van der Waals surface area contributed by atoms with E-state index in [-0.39, 0.29) is 11.8 Å². The van der Waals surface area contributed by atoms with E-state index < -0.39 is 5.67 Å². The predicted octanol–water partition coefficient (Wildman–Crippen LogP) is 1.99. The lowest BCUT2D eigenvalue weighted by molar-refractivity contribution is -0.133. The Hall–Kier alpha value is -0.600. The number of halogens is 1. The summed E-state index contributed by atoms with van der Waals surface area (Å²) in [5.41, 5.74) is -1.12. The van der Waals surface area contributed by atoms with Gasteiger partial charge in [-0.05, 0) is 6.42 Å². The summed E-state index contributed by atoms with van der Waals surface area (Å²) in [6.45, 7) is 6.42. The van der Waals surface area contributed by atoms with Gasteiger partial charge < -0.3 is 4.90 Å². The highest BCUT2D eigenvalue weighted by Gasteiger charge is 2.38. The molecule has 1 heterocycles. The van der Waals surface area contributed by atoms with Gasteiger partial charge in [-0.3, -0.25) is 4.79 Å². The molecule has 1 unspecified atom stereocenters. The van der Waals surface area contributed by atoms with Gasteiger partial charge in [-0.15, -0.1) is 0 Å². The summed E-state index contributed by atoms with van der Waals surface area (Å²) in [5.74, 6) is 0.0622. The monoisotopic (exact) mass is 187 g/mol. The molecule has 3 heteroatoms. The molecule has 0 saturated carbocycles. The molecule has 0 N–H and O–H groups in total. The molecule has 1 rings (SSSR count). The highest BCUT2D eigenvalue weighted by atomic mass is 19.1. The number of carbonyl (C=O) groups is 1. The Morgan fingerprint density at radius 2 is 2.23 bits per heavy atom. The van der Waals surface area contributed by atoms with Gasteiger partial charge in [-0.2, -0.15) is 0 Å². The Morgan fingerprint density at radius 3 is 2.62 bits per heavy atom. The van der Waals surface area contributed by atoms with E-state index in [1.54, 1.807) is 4.90 Å². The summed E-state index contributed by atoms with van der Waals surface area (Å²) in [7, 11) is 0. The number of amides is 1. The van der Waals surface area contributed by atoms with Crippen LogP contribution in [0.2, 0.25) is 0 Å². The van der Waals surface area contributed by atoms with Gasteiger partial charge in [-0.25, -0.2) is 4.39 Å². The molecule has 13 heavy (non-hydrogen) atoms. The molecule has 76 valence electrons. The number of hydrogen-bond donors (Lipinski definition) is 0. The molecule has 2 nitrogen and oxygen atoms in total. The van der Waals surface area contributed by atoms with Gasteiger partial charge in [0.05, 0.1) is 6.54 Å². The average molecular weight is 187 g/mol. The van der Waals surface area contributed by atoms with Gasteiger partial charge in [0.25, 0.3) is 0 Å². The van der Waals surface area contributed by atoms with Crippen LogP contribution in [0.25, 0.3) is 0 Å². The molecule has 1 amide bonds. The van der Waals surface area contributed by atoms with E-state index in [1.807, 2.05) is 20.8 Å². The molecule has 1 aliphatic heterocycles. The minimum atomic E-state index is -1.12. The van der Waals surface area contributed by atoms with Crippen molar-refractivity contribution in [3.8, 4) is 0 Å². The van der Waals surface area contributed by atoms with Crippen molar-refractivity contribution in [2.45, 2.75) is 39.3 Å². The van der Waals surface area contributed by atoms with Crippen molar-refractivity contribution in [2.24, 2.45) is 5.92 Å². The summed E-state index contributed by atoms with van der Waals surface area (Å²) in [5, 5.41) is 0. The second kappa shape index (κ2) is 3.64. The molecule has 0 bridgehead atoms. The lowest BCUT2D eigenvalue weighted by atomic mass is 10.0. The Bertz CT molecular complexity index is 205. The molecule has 1 saturated heterocycles. The van der Waals surface area contributed by atoms with Crippen molar-refractivity contribution >= 4 is 5.91 Å². The van der Waals surface area contributed by atoms with Gasteiger partial charge >= 0.3 is 0 Å². The van der Waals surface area contributed by atoms with Crippen molar-refractivity contribution < 1.29 is 9.18 Å². The summed E-state index contributed by atoms with van der Waals surface area (Å²) >= 11 is 0. The van der Waals surface area contributed by atoms with Crippen molar-refractivity contribution in [1.29, 1.82) is 0 Å². The van der Waals surface area contributed by atoms with Crippen molar-refractivity contribution in [3.05, 3.63) is 0 Å². The number of hydrogen-bond acceptors (Lipinski definition) is 1. The second-order valence-electron chi connectivity index (χ2n) is 4.17. The quantitative estimate of drug-likeness (QED) is 0.647. The summed E-state index contributed by atoms with van der Waals surface area (Å²) in [6, 6.07) is 0. The fourth-order valence-electron chi connectivity index (χ4n) is 1.68. The van der Waals surface area contributed by atoms with E-state index in [9.17, 15) is 9.18 Å². The van der Waals surface area contributed by atoms with Crippen LogP contribution in [0.5, 0.6) is 0 Å². The minimum absolute atomic E-state index is 0.0146. The zero-order chi connectivity index (χ0) is 10.1. The topological polar surface area (TPSA) is 20.3 Å². The number of nitrogens with zero attached hydrogens (tertiary/aromatic N) is 1. The van der Waals surface area contributed by atoms with E-state index in [1.165, 1.54) is 0 Å². The van der Waals surface area contributed by atoms with Gasteiger partial charge in [0.2, 0.25) is 5.91 Å². The van der Waals surface area contributed by atoms with Crippen LogP contribution >= 0.6 is 0 Å². The first-order valence-corrected chi connectivity index (χ1v) is 4.96. The van der Waals surface area contributed by atoms with E-state index in [4.69, 9.17) is 0 Å². The largest absolute Gasteiger partial charge is 0.339 e. The van der Waals surface area contributed by atoms with E-state index in [0.717, 1.165) is 0 Å². The zero-order valence-electron chi connectivity index (χ0n) is 8.64. The van der Waals surface area contributed by atoms with E-state index >= 15 is 0 Å². The molecule has 0 spiro atoms. The molecule has 1 aliphatic rings. The third-order valence-corrected chi connectivity index (χ3v) is 2.74. The Balaban J connectivity index is 2.55. The first kappa shape index (κ1) is 10.5. The molecule has 1 atom stereocenters. The first-order chi connectivity index (χ1) is 5.98. The maximum absolute atomic E-state index is 13.7. The lowest BCUT2D eigenvalue weighted by Gasteiger charge is -2.20.